The molecular formula is C18H21N7O2. The van der Waals surface area contributed by atoms with Crippen molar-refractivity contribution in [3.63, 3.8) is 0 Å². The van der Waals surface area contributed by atoms with Crippen LogP contribution in [-0.2, 0) is 11.2 Å². The molecule has 2 aromatic heterocycles. The minimum absolute atomic E-state index is 0.0977. The van der Waals surface area contributed by atoms with Gasteiger partial charge in [0.25, 0.3) is 5.78 Å². The van der Waals surface area contributed by atoms with Crippen LogP contribution in [0.15, 0.2) is 30.6 Å². The van der Waals surface area contributed by atoms with E-state index in [-0.39, 0.29) is 11.9 Å². The van der Waals surface area contributed by atoms with Gasteiger partial charge in [-0.3, -0.25) is 4.79 Å². The largest absolute Gasteiger partial charge is 0.341 e. The second kappa shape index (κ2) is 7.81. The minimum atomic E-state index is -0.296. The lowest BCUT2D eigenvalue weighted by Gasteiger charge is -2.11. The van der Waals surface area contributed by atoms with Gasteiger partial charge < -0.3 is 16.0 Å². The highest BCUT2D eigenvalue weighted by Crippen LogP contribution is 2.17. The third-order valence-electron chi connectivity index (χ3n) is 4.24. The fraction of sp³-hybridized carbons (Fsp3) is 0.278. The van der Waals surface area contributed by atoms with E-state index in [4.69, 9.17) is 0 Å². The summed E-state index contributed by atoms with van der Waals surface area (Å²) in [5.41, 5.74) is 4.10. The van der Waals surface area contributed by atoms with Gasteiger partial charge in [0.05, 0.1) is 0 Å². The number of carbonyl (C=O) groups is 2. The van der Waals surface area contributed by atoms with Crippen LogP contribution in [0.2, 0.25) is 0 Å². The van der Waals surface area contributed by atoms with E-state index in [1.807, 2.05) is 13.8 Å². The SMILES string of the molecule is CNC(=O)Nc1ccc(NC(=O)CCc2c(C)nc3ncnn3c2C)cc1. The van der Waals surface area contributed by atoms with E-state index in [1.165, 1.54) is 6.33 Å². The Bertz CT molecular complexity index is 979. The van der Waals surface area contributed by atoms with Gasteiger partial charge in [-0.15, -0.1) is 0 Å². The average molecular weight is 367 g/mol. The molecule has 0 atom stereocenters. The number of aryl methyl sites for hydroxylation is 2. The van der Waals surface area contributed by atoms with Crippen molar-refractivity contribution >= 4 is 29.1 Å². The number of nitrogens with zero attached hydrogens (tertiary/aromatic N) is 4. The molecule has 0 fully saturated rings. The van der Waals surface area contributed by atoms with Crippen LogP contribution in [0.5, 0.6) is 0 Å². The lowest BCUT2D eigenvalue weighted by Crippen LogP contribution is -2.24. The smallest absolute Gasteiger partial charge is 0.318 e. The topological polar surface area (TPSA) is 113 Å². The van der Waals surface area contributed by atoms with Gasteiger partial charge in [-0.25, -0.2) is 14.3 Å². The number of anilines is 2. The molecule has 0 spiro atoms. The quantitative estimate of drug-likeness (QED) is 0.639. The third-order valence-corrected chi connectivity index (χ3v) is 4.24. The van der Waals surface area contributed by atoms with Crippen LogP contribution < -0.4 is 16.0 Å². The molecule has 3 N–H and O–H groups in total. The van der Waals surface area contributed by atoms with Crippen molar-refractivity contribution in [2.45, 2.75) is 26.7 Å². The van der Waals surface area contributed by atoms with Gasteiger partial charge in [-0.1, -0.05) is 0 Å². The monoisotopic (exact) mass is 367 g/mol. The maximum absolute atomic E-state index is 12.3. The van der Waals surface area contributed by atoms with E-state index in [1.54, 1.807) is 35.8 Å². The lowest BCUT2D eigenvalue weighted by atomic mass is 10.1. The maximum atomic E-state index is 12.3. The van der Waals surface area contributed by atoms with Gasteiger partial charge in [-0.2, -0.15) is 10.1 Å². The second-order valence-electron chi connectivity index (χ2n) is 6.06. The van der Waals surface area contributed by atoms with Crippen LogP contribution in [-0.4, -0.2) is 38.6 Å². The number of rotatable bonds is 5. The van der Waals surface area contributed by atoms with Crippen LogP contribution in [0.25, 0.3) is 5.78 Å². The molecule has 0 unspecified atom stereocenters. The lowest BCUT2D eigenvalue weighted by molar-refractivity contribution is -0.116. The first-order valence-electron chi connectivity index (χ1n) is 8.52. The molecule has 0 aliphatic rings. The molecule has 0 aliphatic heterocycles. The summed E-state index contributed by atoms with van der Waals surface area (Å²) >= 11 is 0. The van der Waals surface area contributed by atoms with Gasteiger partial charge in [0, 0.05) is 36.2 Å². The molecule has 0 saturated heterocycles. The van der Waals surface area contributed by atoms with Crippen molar-refractivity contribution in [1.29, 1.82) is 0 Å². The predicted molar refractivity (Wildman–Crippen MR) is 102 cm³/mol. The molecule has 0 bridgehead atoms. The highest BCUT2D eigenvalue weighted by Gasteiger charge is 2.12. The summed E-state index contributed by atoms with van der Waals surface area (Å²) in [6.07, 6.45) is 2.35. The summed E-state index contributed by atoms with van der Waals surface area (Å²) in [5.74, 6) is 0.461. The zero-order valence-corrected chi connectivity index (χ0v) is 15.4. The molecule has 2 heterocycles. The zero-order chi connectivity index (χ0) is 19.4. The molecule has 3 amide bonds. The number of aromatic nitrogens is 4. The number of benzene rings is 1. The Labute approximate surface area is 156 Å². The Balaban J connectivity index is 1.61. The summed E-state index contributed by atoms with van der Waals surface area (Å²) in [6, 6.07) is 6.63. The summed E-state index contributed by atoms with van der Waals surface area (Å²) in [4.78, 5) is 32.1. The van der Waals surface area contributed by atoms with Crippen molar-refractivity contribution in [3.8, 4) is 0 Å². The van der Waals surface area contributed by atoms with Crippen molar-refractivity contribution < 1.29 is 9.59 Å². The van der Waals surface area contributed by atoms with Crippen LogP contribution in [0.1, 0.15) is 23.4 Å². The van der Waals surface area contributed by atoms with E-state index < -0.39 is 0 Å². The first-order valence-corrected chi connectivity index (χ1v) is 8.52. The van der Waals surface area contributed by atoms with Gasteiger partial charge in [0.2, 0.25) is 5.91 Å². The van der Waals surface area contributed by atoms with Crippen molar-refractivity contribution in [2.75, 3.05) is 17.7 Å². The first-order chi connectivity index (χ1) is 13.0. The van der Waals surface area contributed by atoms with Crippen LogP contribution in [0, 0.1) is 13.8 Å². The van der Waals surface area contributed by atoms with Crippen molar-refractivity contribution in [2.24, 2.45) is 0 Å². The molecular weight excluding hydrogens is 346 g/mol. The highest BCUT2D eigenvalue weighted by atomic mass is 16.2. The number of amides is 3. The summed E-state index contributed by atoms with van der Waals surface area (Å²) < 4.78 is 1.68. The van der Waals surface area contributed by atoms with Crippen LogP contribution in [0.3, 0.4) is 0 Å². The number of hydrogen-bond acceptors (Lipinski definition) is 5. The molecule has 3 rings (SSSR count). The Morgan fingerprint density at radius 2 is 1.74 bits per heavy atom. The number of urea groups is 1. The molecule has 3 aromatic rings. The first kappa shape index (κ1) is 18.3. The molecule has 27 heavy (non-hydrogen) atoms. The number of hydrogen-bond donors (Lipinski definition) is 3. The van der Waals surface area contributed by atoms with Crippen molar-refractivity contribution in [3.05, 3.63) is 47.5 Å². The Morgan fingerprint density at radius 1 is 1.07 bits per heavy atom. The molecule has 1 aromatic carbocycles. The van der Waals surface area contributed by atoms with Crippen molar-refractivity contribution in [1.82, 2.24) is 24.9 Å². The molecule has 0 radical (unpaired) electrons. The summed E-state index contributed by atoms with van der Waals surface area (Å²) in [5, 5.41) is 12.1. The fourth-order valence-corrected chi connectivity index (χ4v) is 2.81. The Kier molecular flexibility index (Phi) is 5.30. The number of carbonyl (C=O) groups excluding carboxylic acids is 2. The maximum Gasteiger partial charge on any atom is 0.318 e. The summed E-state index contributed by atoms with van der Waals surface area (Å²) in [7, 11) is 1.55. The molecule has 9 nitrogen and oxygen atoms in total. The highest BCUT2D eigenvalue weighted by molar-refractivity contribution is 5.92. The number of nitrogens with one attached hydrogen (secondary N) is 3. The van der Waals surface area contributed by atoms with E-state index in [9.17, 15) is 9.59 Å². The van der Waals surface area contributed by atoms with Crippen LogP contribution >= 0.6 is 0 Å². The number of fused-ring (bicyclic) bond motifs is 1. The van der Waals surface area contributed by atoms with E-state index in [0.717, 1.165) is 17.0 Å². The molecule has 140 valence electrons. The normalized spacial score (nSPS) is 10.6. The molecule has 0 saturated carbocycles. The zero-order valence-electron chi connectivity index (χ0n) is 15.4. The minimum Gasteiger partial charge on any atom is -0.341 e. The predicted octanol–water partition coefficient (Wildman–Crippen LogP) is 2.06. The average Bonchev–Trinajstić information content (AvgIpc) is 3.11. The Morgan fingerprint density at radius 3 is 2.41 bits per heavy atom. The van der Waals surface area contributed by atoms with Gasteiger partial charge in [-0.05, 0) is 50.1 Å². The molecule has 0 aliphatic carbocycles. The van der Waals surface area contributed by atoms with Gasteiger partial charge in [0.15, 0.2) is 0 Å². The van der Waals surface area contributed by atoms with E-state index in [0.29, 0.717) is 30.0 Å². The summed E-state index contributed by atoms with van der Waals surface area (Å²) in [6.45, 7) is 3.86. The van der Waals surface area contributed by atoms with Gasteiger partial charge >= 0.3 is 6.03 Å². The van der Waals surface area contributed by atoms with E-state index >= 15 is 0 Å². The van der Waals surface area contributed by atoms with Crippen LogP contribution in [0.4, 0.5) is 16.2 Å². The second-order valence-corrected chi connectivity index (χ2v) is 6.06. The fourth-order valence-electron chi connectivity index (χ4n) is 2.81. The van der Waals surface area contributed by atoms with Gasteiger partial charge in [0.1, 0.15) is 6.33 Å². The Hall–Kier alpha value is -3.49. The van der Waals surface area contributed by atoms with E-state index in [2.05, 4.69) is 31.0 Å². The third kappa shape index (κ3) is 4.20. The molecule has 9 heteroatoms. The standard InChI is InChI=1S/C18H21N7O2/c1-11-15(12(2)25-17(22-11)20-10-21-25)8-9-16(26)23-13-4-6-14(7-5-13)24-18(27)19-3/h4-7,10H,8-9H2,1-3H3,(H,23,26)(H2,19,24,27).